The van der Waals surface area contributed by atoms with Crippen LogP contribution in [-0.2, 0) is 27.4 Å². The molecule has 26 heavy (non-hydrogen) atoms. The average molecular weight is 348 g/mol. The summed E-state index contributed by atoms with van der Waals surface area (Å²) in [7, 11) is 0. The fraction of sp³-hybridized carbons (Fsp3) is 0.182. The van der Waals surface area contributed by atoms with Crippen molar-refractivity contribution < 1.29 is 19.4 Å². The van der Waals surface area contributed by atoms with Gasteiger partial charge in [0.15, 0.2) is 0 Å². The second kappa shape index (κ2) is 8.30. The number of esters is 1. The maximum Gasteiger partial charge on any atom is 0.310 e. The summed E-state index contributed by atoms with van der Waals surface area (Å²) in [6.45, 7) is 0.144. The van der Waals surface area contributed by atoms with Crippen LogP contribution in [0.4, 0.5) is 0 Å². The predicted molar refractivity (Wildman–Crippen MR) is 99.6 cm³/mol. The Hall–Kier alpha value is -3.14. The molecule has 132 valence electrons. The van der Waals surface area contributed by atoms with E-state index in [0.29, 0.717) is 6.42 Å². The molecule has 0 aliphatic carbocycles. The molecule has 0 spiro atoms. The van der Waals surface area contributed by atoms with Crippen LogP contribution in [0, 0.1) is 5.92 Å². The highest BCUT2D eigenvalue weighted by Gasteiger charge is 2.24. The van der Waals surface area contributed by atoms with E-state index in [-0.39, 0.29) is 13.0 Å². The number of hydrogen-bond donors (Lipinski definition) is 1. The van der Waals surface area contributed by atoms with E-state index in [9.17, 15) is 14.7 Å². The number of benzene rings is 3. The van der Waals surface area contributed by atoms with E-state index in [0.717, 1.165) is 21.9 Å². The summed E-state index contributed by atoms with van der Waals surface area (Å²) in [5, 5.41) is 11.3. The number of fused-ring (bicyclic) bond motifs is 1. The fourth-order valence-electron chi connectivity index (χ4n) is 3.03. The minimum Gasteiger partial charge on any atom is -0.481 e. The van der Waals surface area contributed by atoms with Crippen LogP contribution >= 0.6 is 0 Å². The molecule has 3 rings (SSSR count). The Kier molecular flexibility index (Phi) is 5.64. The van der Waals surface area contributed by atoms with Gasteiger partial charge < -0.3 is 9.84 Å². The minimum absolute atomic E-state index is 0.144. The number of carbonyl (C=O) groups is 2. The summed E-state index contributed by atoms with van der Waals surface area (Å²) < 4.78 is 5.37. The van der Waals surface area contributed by atoms with Crippen molar-refractivity contribution in [1.82, 2.24) is 0 Å². The van der Waals surface area contributed by atoms with Crippen LogP contribution in [0.5, 0.6) is 0 Å². The third kappa shape index (κ3) is 4.48. The summed E-state index contributed by atoms with van der Waals surface area (Å²) in [5.41, 5.74) is 1.83. The second-order valence-corrected chi connectivity index (χ2v) is 6.23. The topological polar surface area (TPSA) is 63.6 Å². The summed E-state index contributed by atoms with van der Waals surface area (Å²) in [4.78, 5) is 23.7. The molecule has 0 aromatic heterocycles. The number of aliphatic carboxylic acids is 1. The largest absolute Gasteiger partial charge is 0.481 e. The molecule has 3 aromatic carbocycles. The van der Waals surface area contributed by atoms with Gasteiger partial charge in [0.2, 0.25) is 0 Å². The molecule has 1 unspecified atom stereocenters. The summed E-state index contributed by atoms with van der Waals surface area (Å²) in [6, 6.07) is 23.1. The molecule has 0 heterocycles. The van der Waals surface area contributed by atoms with Crippen molar-refractivity contribution in [3.05, 3.63) is 83.9 Å². The maximum absolute atomic E-state index is 12.5. The van der Waals surface area contributed by atoms with Crippen LogP contribution in [-0.4, -0.2) is 17.0 Å². The molecule has 3 aromatic rings. The minimum atomic E-state index is -1.01. The summed E-state index contributed by atoms with van der Waals surface area (Å²) >= 11 is 0. The Morgan fingerprint density at radius 3 is 2.35 bits per heavy atom. The predicted octanol–water partition coefficient (Wildman–Crippen LogP) is 4.22. The van der Waals surface area contributed by atoms with E-state index in [2.05, 4.69) is 0 Å². The third-order valence-corrected chi connectivity index (χ3v) is 4.32. The maximum atomic E-state index is 12.5. The lowest BCUT2D eigenvalue weighted by atomic mass is 9.93. The normalized spacial score (nSPS) is 11.8. The van der Waals surface area contributed by atoms with E-state index in [1.54, 1.807) is 0 Å². The quantitative estimate of drug-likeness (QED) is 0.650. The first kappa shape index (κ1) is 17.7. The van der Waals surface area contributed by atoms with E-state index in [1.165, 1.54) is 0 Å². The van der Waals surface area contributed by atoms with Gasteiger partial charge in [-0.15, -0.1) is 0 Å². The van der Waals surface area contributed by atoms with Gasteiger partial charge >= 0.3 is 11.9 Å². The number of carboxylic acid groups (broad SMARTS) is 1. The standard InChI is InChI=1S/C22H20O4/c23-21(24)14-19(22(25)26-15-16-7-2-1-3-8-16)13-18-11-6-10-17-9-4-5-12-20(17)18/h1-12,19H,13-15H2,(H,23,24). The van der Waals surface area contributed by atoms with Crippen molar-refractivity contribution in [3.63, 3.8) is 0 Å². The molecule has 1 N–H and O–H groups in total. The Bertz CT molecular complexity index is 897. The van der Waals surface area contributed by atoms with Gasteiger partial charge in [0.05, 0.1) is 12.3 Å². The lowest BCUT2D eigenvalue weighted by Gasteiger charge is -2.16. The Morgan fingerprint density at radius 2 is 1.58 bits per heavy atom. The highest BCUT2D eigenvalue weighted by molar-refractivity contribution is 5.87. The Labute approximate surface area is 152 Å². The number of carbonyl (C=O) groups excluding carboxylic acids is 1. The molecule has 0 aliphatic heterocycles. The third-order valence-electron chi connectivity index (χ3n) is 4.32. The molecule has 0 fully saturated rings. The van der Waals surface area contributed by atoms with Gasteiger partial charge in [0, 0.05) is 0 Å². The SMILES string of the molecule is O=C(O)CC(Cc1cccc2ccccc12)C(=O)OCc1ccccc1. The molecule has 1 atom stereocenters. The van der Waals surface area contributed by atoms with Crippen molar-refractivity contribution in [2.24, 2.45) is 5.92 Å². The molecule has 0 amide bonds. The first-order valence-corrected chi connectivity index (χ1v) is 8.52. The van der Waals surface area contributed by atoms with Gasteiger partial charge in [-0.3, -0.25) is 9.59 Å². The first-order chi connectivity index (χ1) is 12.6. The number of ether oxygens (including phenoxy) is 1. The summed E-state index contributed by atoms with van der Waals surface area (Å²) in [5.74, 6) is -2.21. The van der Waals surface area contributed by atoms with Crippen molar-refractivity contribution in [2.75, 3.05) is 0 Å². The molecule has 4 heteroatoms. The molecular weight excluding hydrogens is 328 g/mol. The van der Waals surface area contributed by atoms with Crippen molar-refractivity contribution in [2.45, 2.75) is 19.4 Å². The molecule has 4 nitrogen and oxygen atoms in total. The zero-order chi connectivity index (χ0) is 18.4. The van der Waals surface area contributed by atoms with Gasteiger partial charge in [0.1, 0.15) is 6.61 Å². The van der Waals surface area contributed by atoms with Gasteiger partial charge in [0.25, 0.3) is 0 Å². The summed E-state index contributed by atoms with van der Waals surface area (Å²) in [6.07, 6.45) is 0.0815. The van der Waals surface area contributed by atoms with Crippen LogP contribution in [0.15, 0.2) is 72.8 Å². The lowest BCUT2D eigenvalue weighted by Crippen LogP contribution is -2.23. The first-order valence-electron chi connectivity index (χ1n) is 8.52. The average Bonchev–Trinajstić information content (AvgIpc) is 2.66. The molecule has 0 radical (unpaired) electrons. The zero-order valence-electron chi connectivity index (χ0n) is 14.3. The van der Waals surface area contributed by atoms with Crippen LogP contribution in [0.3, 0.4) is 0 Å². The molecule has 0 aliphatic rings. The Balaban J connectivity index is 1.76. The van der Waals surface area contributed by atoms with E-state index < -0.39 is 17.9 Å². The lowest BCUT2D eigenvalue weighted by molar-refractivity contribution is -0.154. The van der Waals surface area contributed by atoms with E-state index >= 15 is 0 Å². The highest BCUT2D eigenvalue weighted by atomic mass is 16.5. The fourth-order valence-corrected chi connectivity index (χ4v) is 3.03. The number of rotatable bonds is 7. The van der Waals surface area contributed by atoms with Crippen LogP contribution in [0.1, 0.15) is 17.5 Å². The molecule has 0 saturated heterocycles. The number of hydrogen-bond acceptors (Lipinski definition) is 3. The molecule has 0 saturated carbocycles. The molecule has 0 bridgehead atoms. The van der Waals surface area contributed by atoms with Crippen molar-refractivity contribution in [3.8, 4) is 0 Å². The zero-order valence-corrected chi connectivity index (χ0v) is 14.3. The van der Waals surface area contributed by atoms with Crippen LogP contribution in [0.25, 0.3) is 10.8 Å². The van der Waals surface area contributed by atoms with Gasteiger partial charge in [-0.25, -0.2) is 0 Å². The highest BCUT2D eigenvalue weighted by Crippen LogP contribution is 2.23. The van der Waals surface area contributed by atoms with E-state index in [1.807, 2.05) is 72.8 Å². The van der Waals surface area contributed by atoms with Crippen LogP contribution < -0.4 is 0 Å². The van der Waals surface area contributed by atoms with Gasteiger partial charge in [-0.2, -0.15) is 0 Å². The molecular formula is C22H20O4. The Morgan fingerprint density at radius 1 is 0.885 bits per heavy atom. The monoisotopic (exact) mass is 348 g/mol. The van der Waals surface area contributed by atoms with Gasteiger partial charge in [-0.1, -0.05) is 72.8 Å². The van der Waals surface area contributed by atoms with Crippen molar-refractivity contribution >= 4 is 22.7 Å². The smallest absolute Gasteiger partial charge is 0.310 e. The second-order valence-electron chi connectivity index (χ2n) is 6.23. The van der Waals surface area contributed by atoms with Crippen LogP contribution in [0.2, 0.25) is 0 Å². The van der Waals surface area contributed by atoms with Gasteiger partial charge in [-0.05, 0) is 28.3 Å². The number of carboxylic acids is 1. The van der Waals surface area contributed by atoms with Crippen molar-refractivity contribution in [1.29, 1.82) is 0 Å². The van der Waals surface area contributed by atoms with E-state index in [4.69, 9.17) is 4.74 Å².